The van der Waals surface area contributed by atoms with Gasteiger partial charge < -0.3 is 0 Å². The van der Waals surface area contributed by atoms with Crippen molar-refractivity contribution in [3.63, 3.8) is 0 Å². The molecule has 1 atom stereocenters. The van der Waals surface area contributed by atoms with Gasteiger partial charge in [-0.05, 0) is 42.0 Å². The van der Waals surface area contributed by atoms with Crippen LogP contribution in [0.2, 0.25) is 0 Å². The summed E-state index contributed by atoms with van der Waals surface area (Å²) in [7, 11) is -1.21. The van der Waals surface area contributed by atoms with Crippen LogP contribution in [0.3, 0.4) is 0 Å². The molecule has 2 aromatic rings. The van der Waals surface area contributed by atoms with E-state index in [9.17, 15) is 8.60 Å². The predicted octanol–water partition coefficient (Wildman–Crippen LogP) is 3.77. The summed E-state index contributed by atoms with van der Waals surface area (Å²) in [5, 5.41) is 8.75. The van der Waals surface area contributed by atoms with E-state index in [1.807, 2.05) is 12.1 Å². The molecule has 19 heavy (non-hydrogen) atoms. The molecule has 0 fully saturated rings. The molecular weight excluding hydrogens is 329 g/mol. The first-order chi connectivity index (χ1) is 9.10. The fourth-order valence-corrected chi connectivity index (χ4v) is 2.92. The molecule has 0 saturated carbocycles. The lowest BCUT2D eigenvalue weighted by molar-refractivity contribution is 0.623. The Labute approximate surface area is 121 Å². The Morgan fingerprint density at radius 3 is 2.53 bits per heavy atom. The lowest BCUT2D eigenvalue weighted by Gasteiger charge is -2.04. The van der Waals surface area contributed by atoms with Gasteiger partial charge in [-0.3, -0.25) is 4.21 Å². The fraction of sp³-hybridized carbons (Fsp3) is 0.0714. The number of halogens is 2. The van der Waals surface area contributed by atoms with Gasteiger partial charge in [-0.2, -0.15) is 5.26 Å². The van der Waals surface area contributed by atoms with Gasteiger partial charge in [0.2, 0.25) is 0 Å². The van der Waals surface area contributed by atoms with Crippen LogP contribution in [0, 0.1) is 17.1 Å². The summed E-state index contributed by atoms with van der Waals surface area (Å²) in [5.41, 5.74) is 0.657. The summed E-state index contributed by atoms with van der Waals surface area (Å²) in [6.45, 7) is 0. The van der Waals surface area contributed by atoms with Crippen LogP contribution >= 0.6 is 15.9 Å². The van der Waals surface area contributed by atoms with Crippen molar-refractivity contribution in [2.45, 2.75) is 10.6 Å². The van der Waals surface area contributed by atoms with Crippen molar-refractivity contribution >= 4 is 26.7 Å². The van der Waals surface area contributed by atoms with E-state index in [0.717, 1.165) is 4.47 Å². The van der Waals surface area contributed by atoms with Crippen molar-refractivity contribution in [3.05, 3.63) is 63.9 Å². The van der Waals surface area contributed by atoms with Crippen LogP contribution in [-0.2, 0) is 16.6 Å². The normalized spacial score (nSPS) is 11.8. The second kappa shape index (κ2) is 6.09. The van der Waals surface area contributed by atoms with Crippen LogP contribution in [-0.4, -0.2) is 4.21 Å². The van der Waals surface area contributed by atoms with Crippen molar-refractivity contribution in [1.82, 2.24) is 0 Å². The largest absolute Gasteiger partial charge is 0.254 e. The number of rotatable bonds is 3. The molecule has 96 valence electrons. The highest BCUT2D eigenvalue weighted by atomic mass is 79.9. The number of benzene rings is 2. The second-order valence-corrected chi connectivity index (χ2v) is 6.24. The van der Waals surface area contributed by atoms with Gasteiger partial charge in [0.1, 0.15) is 11.9 Å². The Morgan fingerprint density at radius 1 is 1.21 bits per heavy atom. The molecule has 0 spiro atoms. The third-order valence-electron chi connectivity index (χ3n) is 2.53. The van der Waals surface area contributed by atoms with Crippen LogP contribution in [0.4, 0.5) is 4.39 Å². The van der Waals surface area contributed by atoms with Crippen LogP contribution in [0.5, 0.6) is 0 Å². The monoisotopic (exact) mass is 337 g/mol. The highest BCUT2D eigenvalue weighted by molar-refractivity contribution is 9.10. The van der Waals surface area contributed by atoms with Gasteiger partial charge in [0.15, 0.2) is 0 Å². The third-order valence-corrected chi connectivity index (χ3v) is 4.45. The first-order valence-corrected chi connectivity index (χ1v) is 7.54. The quantitative estimate of drug-likeness (QED) is 0.855. The van der Waals surface area contributed by atoms with E-state index < -0.39 is 16.6 Å². The summed E-state index contributed by atoms with van der Waals surface area (Å²) >= 11 is 3.31. The van der Waals surface area contributed by atoms with E-state index in [2.05, 4.69) is 15.9 Å². The number of nitrogens with zero attached hydrogens (tertiary/aromatic N) is 1. The zero-order valence-electron chi connectivity index (χ0n) is 9.77. The van der Waals surface area contributed by atoms with Gasteiger partial charge in [-0.1, -0.05) is 22.0 Å². The highest BCUT2D eigenvalue weighted by Gasteiger charge is 2.08. The smallest absolute Gasteiger partial charge is 0.140 e. The average molecular weight is 338 g/mol. The molecule has 0 bridgehead atoms. The average Bonchev–Trinajstić information content (AvgIpc) is 2.41. The number of nitriles is 1. The Kier molecular flexibility index (Phi) is 4.46. The lowest BCUT2D eigenvalue weighted by atomic mass is 10.1. The maximum atomic E-state index is 13.2. The maximum absolute atomic E-state index is 13.2. The minimum absolute atomic E-state index is 0.0229. The molecule has 0 aliphatic heterocycles. The second-order valence-electron chi connectivity index (χ2n) is 3.87. The lowest BCUT2D eigenvalue weighted by Crippen LogP contribution is -1.97. The molecule has 2 aromatic carbocycles. The van der Waals surface area contributed by atoms with Crippen LogP contribution < -0.4 is 0 Å². The summed E-state index contributed by atoms with van der Waals surface area (Å²) in [5.74, 6) is -0.294. The molecule has 1 unspecified atom stereocenters. The van der Waals surface area contributed by atoms with Crippen LogP contribution in [0.25, 0.3) is 0 Å². The molecule has 2 nitrogen and oxygen atoms in total. The maximum Gasteiger partial charge on any atom is 0.140 e. The van der Waals surface area contributed by atoms with Gasteiger partial charge in [0.05, 0.1) is 22.1 Å². The van der Waals surface area contributed by atoms with E-state index in [1.165, 1.54) is 12.1 Å². The Bertz CT molecular complexity index is 664. The van der Waals surface area contributed by atoms with Crippen molar-refractivity contribution in [2.24, 2.45) is 0 Å². The SMILES string of the molecule is N#Cc1cc(CS(=O)c2ccc(Br)cc2)ccc1F. The molecule has 0 saturated heterocycles. The third kappa shape index (κ3) is 3.49. The molecule has 2 rings (SSSR count). The Hall–Kier alpha value is -1.51. The molecule has 0 aromatic heterocycles. The summed E-state index contributed by atoms with van der Waals surface area (Å²) < 4.78 is 26.2. The summed E-state index contributed by atoms with van der Waals surface area (Å²) in [6.07, 6.45) is 0. The van der Waals surface area contributed by atoms with Crippen molar-refractivity contribution < 1.29 is 8.60 Å². The Balaban J connectivity index is 2.20. The molecule has 0 aliphatic rings. The molecular formula is C14H9BrFNOS. The highest BCUT2D eigenvalue weighted by Crippen LogP contribution is 2.17. The van der Waals surface area contributed by atoms with Crippen molar-refractivity contribution in [1.29, 1.82) is 5.26 Å². The fourth-order valence-electron chi connectivity index (χ4n) is 1.57. The van der Waals surface area contributed by atoms with Crippen molar-refractivity contribution in [2.75, 3.05) is 0 Å². The topological polar surface area (TPSA) is 40.9 Å². The van der Waals surface area contributed by atoms with E-state index in [-0.39, 0.29) is 11.3 Å². The van der Waals surface area contributed by atoms with E-state index in [4.69, 9.17) is 5.26 Å². The molecule has 0 radical (unpaired) electrons. The minimum atomic E-state index is -1.21. The molecule has 0 amide bonds. The number of hydrogen-bond donors (Lipinski definition) is 0. The molecule has 5 heteroatoms. The van der Waals surface area contributed by atoms with E-state index >= 15 is 0 Å². The first-order valence-electron chi connectivity index (χ1n) is 5.42. The standard InChI is InChI=1S/C14H9BrFNOS/c15-12-2-4-13(5-3-12)19(18)9-10-1-6-14(16)11(7-10)8-17/h1-7H,9H2. The Morgan fingerprint density at radius 2 is 1.89 bits per heavy atom. The van der Waals surface area contributed by atoms with Crippen LogP contribution in [0.1, 0.15) is 11.1 Å². The van der Waals surface area contributed by atoms with Gasteiger partial charge >= 0.3 is 0 Å². The van der Waals surface area contributed by atoms with Gasteiger partial charge in [-0.25, -0.2) is 4.39 Å². The van der Waals surface area contributed by atoms with E-state index in [0.29, 0.717) is 10.5 Å². The van der Waals surface area contributed by atoms with Gasteiger partial charge in [0.25, 0.3) is 0 Å². The van der Waals surface area contributed by atoms with E-state index in [1.54, 1.807) is 24.3 Å². The molecule has 0 N–H and O–H groups in total. The number of hydrogen-bond acceptors (Lipinski definition) is 2. The predicted molar refractivity (Wildman–Crippen MR) is 75.4 cm³/mol. The summed E-state index contributed by atoms with van der Waals surface area (Å²) in [6, 6.07) is 13.2. The molecule has 0 aliphatic carbocycles. The van der Waals surface area contributed by atoms with Crippen molar-refractivity contribution in [3.8, 4) is 6.07 Å². The van der Waals surface area contributed by atoms with Crippen LogP contribution in [0.15, 0.2) is 51.8 Å². The summed E-state index contributed by atoms with van der Waals surface area (Å²) in [4.78, 5) is 0.700. The zero-order valence-corrected chi connectivity index (χ0v) is 12.2. The first kappa shape index (κ1) is 13.9. The zero-order chi connectivity index (χ0) is 13.8. The van der Waals surface area contributed by atoms with Gasteiger partial charge in [0, 0.05) is 9.37 Å². The van der Waals surface area contributed by atoms with Gasteiger partial charge in [-0.15, -0.1) is 0 Å². The molecule has 0 heterocycles. The minimum Gasteiger partial charge on any atom is -0.254 e.